The van der Waals surface area contributed by atoms with Gasteiger partial charge in [0.1, 0.15) is 0 Å². The molecule has 1 N–H and O–H groups in total. The van der Waals surface area contributed by atoms with Crippen molar-refractivity contribution in [3.8, 4) is 0 Å². The molecule has 1 atom stereocenters. The Balaban J connectivity index is 1.64. The summed E-state index contributed by atoms with van der Waals surface area (Å²) in [6, 6.07) is 0. The van der Waals surface area contributed by atoms with Crippen LogP contribution in [0.15, 0.2) is 0 Å². The highest BCUT2D eigenvalue weighted by atomic mass is 16.2. The SMILES string of the molecule is CC(=O)N1CCN(CC2CCCNC2)CC12CCCCC2. The Kier molecular flexibility index (Phi) is 4.85. The van der Waals surface area contributed by atoms with Crippen molar-refractivity contribution in [2.75, 3.05) is 39.3 Å². The number of nitrogens with one attached hydrogen (secondary N) is 1. The second-order valence-electron chi connectivity index (χ2n) is 7.40. The van der Waals surface area contributed by atoms with Crippen molar-refractivity contribution in [1.82, 2.24) is 15.1 Å². The second-order valence-corrected chi connectivity index (χ2v) is 7.40. The Bertz CT molecular complexity index is 359. The summed E-state index contributed by atoms with van der Waals surface area (Å²) in [6.07, 6.45) is 9.05. The van der Waals surface area contributed by atoms with E-state index in [1.165, 1.54) is 64.6 Å². The molecule has 120 valence electrons. The number of hydrogen-bond acceptors (Lipinski definition) is 3. The number of rotatable bonds is 2. The van der Waals surface area contributed by atoms with Crippen LogP contribution in [0.2, 0.25) is 0 Å². The van der Waals surface area contributed by atoms with Gasteiger partial charge in [0.2, 0.25) is 5.91 Å². The minimum Gasteiger partial charge on any atom is -0.335 e. The Labute approximate surface area is 129 Å². The Morgan fingerprint density at radius 2 is 2.00 bits per heavy atom. The van der Waals surface area contributed by atoms with Gasteiger partial charge < -0.3 is 10.2 Å². The number of piperazine rings is 1. The highest BCUT2D eigenvalue weighted by Crippen LogP contribution is 2.37. The minimum absolute atomic E-state index is 0.157. The monoisotopic (exact) mass is 293 g/mol. The minimum atomic E-state index is 0.157. The predicted molar refractivity (Wildman–Crippen MR) is 85.2 cm³/mol. The summed E-state index contributed by atoms with van der Waals surface area (Å²) in [5.74, 6) is 1.10. The zero-order valence-corrected chi connectivity index (χ0v) is 13.6. The lowest BCUT2D eigenvalue weighted by molar-refractivity contribution is -0.142. The average molecular weight is 293 g/mol. The zero-order chi connectivity index (χ0) is 14.7. The molecular weight excluding hydrogens is 262 g/mol. The van der Waals surface area contributed by atoms with Gasteiger partial charge in [-0.15, -0.1) is 0 Å². The fourth-order valence-electron chi connectivity index (χ4n) is 4.79. The number of hydrogen-bond donors (Lipinski definition) is 1. The van der Waals surface area contributed by atoms with Crippen LogP contribution >= 0.6 is 0 Å². The van der Waals surface area contributed by atoms with Gasteiger partial charge in [-0.1, -0.05) is 19.3 Å². The Hall–Kier alpha value is -0.610. The molecule has 1 aliphatic carbocycles. The third-order valence-corrected chi connectivity index (χ3v) is 5.81. The standard InChI is InChI=1S/C17H31N3O/c1-15(21)20-11-10-19(13-16-6-5-9-18-12-16)14-17(20)7-3-2-4-8-17/h16,18H,2-14H2,1H3. The molecule has 2 aliphatic heterocycles. The van der Waals surface area contributed by atoms with Crippen LogP contribution < -0.4 is 5.32 Å². The van der Waals surface area contributed by atoms with E-state index in [2.05, 4.69) is 15.1 Å². The van der Waals surface area contributed by atoms with E-state index >= 15 is 0 Å². The number of amides is 1. The molecule has 3 aliphatic rings. The molecule has 4 heteroatoms. The summed E-state index contributed by atoms with van der Waals surface area (Å²) < 4.78 is 0. The summed E-state index contributed by atoms with van der Waals surface area (Å²) in [7, 11) is 0. The maximum atomic E-state index is 12.1. The molecule has 1 spiro atoms. The molecule has 1 unspecified atom stereocenters. The molecular formula is C17H31N3O. The number of nitrogens with zero attached hydrogens (tertiary/aromatic N) is 2. The van der Waals surface area contributed by atoms with Crippen LogP contribution in [0.25, 0.3) is 0 Å². The lowest BCUT2D eigenvalue weighted by Crippen LogP contribution is -2.64. The summed E-state index contributed by atoms with van der Waals surface area (Å²) in [4.78, 5) is 16.9. The number of piperidine rings is 1. The van der Waals surface area contributed by atoms with Crippen molar-refractivity contribution in [3.05, 3.63) is 0 Å². The predicted octanol–water partition coefficient (Wildman–Crippen LogP) is 1.85. The maximum absolute atomic E-state index is 12.1. The molecule has 0 radical (unpaired) electrons. The van der Waals surface area contributed by atoms with Crippen LogP contribution in [-0.2, 0) is 4.79 Å². The van der Waals surface area contributed by atoms with Crippen LogP contribution in [0, 0.1) is 5.92 Å². The first-order valence-electron chi connectivity index (χ1n) is 8.91. The quantitative estimate of drug-likeness (QED) is 0.844. The zero-order valence-electron chi connectivity index (χ0n) is 13.6. The van der Waals surface area contributed by atoms with E-state index in [0.717, 1.165) is 25.6 Å². The van der Waals surface area contributed by atoms with Gasteiger partial charge in [0, 0.05) is 33.1 Å². The molecule has 0 bridgehead atoms. The molecule has 2 saturated heterocycles. The second kappa shape index (κ2) is 6.66. The largest absolute Gasteiger partial charge is 0.335 e. The van der Waals surface area contributed by atoms with Gasteiger partial charge in [-0.05, 0) is 44.7 Å². The van der Waals surface area contributed by atoms with Crippen molar-refractivity contribution in [3.63, 3.8) is 0 Å². The van der Waals surface area contributed by atoms with Crippen LogP contribution in [0.1, 0.15) is 51.9 Å². The van der Waals surface area contributed by atoms with Crippen LogP contribution in [0.3, 0.4) is 0 Å². The molecule has 1 saturated carbocycles. The number of carbonyl (C=O) groups is 1. The van der Waals surface area contributed by atoms with Crippen LogP contribution in [0.4, 0.5) is 0 Å². The lowest BCUT2D eigenvalue weighted by atomic mass is 9.78. The van der Waals surface area contributed by atoms with Gasteiger partial charge in [-0.3, -0.25) is 9.69 Å². The average Bonchev–Trinajstić information content (AvgIpc) is 2.49. The van der Waals surface area contributed by atoms with E-state index < -0.39 is 0 Å². The van der Waals surface area contributed by atoms with Gasteiger partial charge in [-0.25, -0.2) is 0 Å². The molecule has 1 amide bonds. The molecule has 3 rings (SSSR count). The van der Waals surface area contributed by atoms with E-state index in [4.69, 9.17) is 0 Å². The van der Waals surface area contributed by atoms with E-state index in [1.54, 1.807) is 6.92 Å². The topological polar surface area (TPSA) is 35.6 Å². The fraction of sp³-hybridized carbons (Fsp3) is 0.941. The van der Waals surface area contributed by atoms with Gasteiger partial charge in [0.25, 0.3) is 0 Å². The molecule has 0 aromatic rings. The van der Waals surface area contributed by atoms with E-state index in [1.807, 2.05) is 0 Å². The lowest BCUT2D eigenvalue weighted by Gasteiger charge is -2.53. The van der Waals surface area contributed by atoms with Crippen molar-refractivity contribution < 1.29 is 4.79 Å². The number of carbonyl (C=O) groups excluding carboxylic acids is 1. The van der Waals surface area contributed by atoms with E-state index in [-0.39, 0.29) is 11.4 Å². The van der Waals surface area contributed by atoms with Crippen LogP contribution in [0.5, 0.6) is 0 Å². The van der Waals surface area contributed by atoms with Gasteiger partial charge in [0.05, 0.1) is 5.54 Å². The van der Waals surface area contributed by atoms with E-state index in [9.17, 15) is 4.79 Å². The molecule has 0 aromatic carbocycles. The Morgan fingerprint density at radius 1 is 1.19 bits per heavy atom. The smallest absolute Gasteiger partial charge is 0.219 e. The summed E-state index contributed by atoms with van der Waals surface area (Å²) in [5.41, 5.74) is 0.157. The third-order valence-electron chi connectivity index (χ3n) is 5.81. The van der Waals surface area contributed by atoms with Gasteiger partial charge >= 0.3 is 0 Å². The van der Waals surface area contributed by atoms with Crippen molar-refractivity contribution in [1.29, 1.82) is 0 Å². The molecule has 4 nitrogen and oxygen atoms in total. The van der Waals surface area contributed by atoms with Crippen molar-refractivity contribution in [2.24, 2.45) is 5.92 Å². The summed E-state index contributed by atoms with van der Waals surface area (Å²) in [5, 5.41) is 3.53. The third kappa shape index (κ3) is 3.42. The first-order valence-corrected chi connectivity index (χ1v) is 8.91. The normalized spacial score (nSPS) is 30.5. The van der Waals surface area contributed by atoms with Gasteiger partial charge in [0.15, 0.2) is 0 Å². The molecule has 2 heterocycles. The highest BCUT2D eigenvalue weighted by Gasteiger charge is 2.43. The maximum Gasteiger partial charge on any atom is 0.219 e. The molecule has 21 heavy (non-hydrogen) atoms. The van der Waals surface area contributed by atoms with Crippen LogP contribution in [-0.4, -0.2) is 60.5 Å². The van der Waals surface area contributed by atoms with Crippen molar-refractivity contribution >= 4 is 5.91 Å². The molecule has 3 fully saturated rings. The van der Waals surface area contributed by atoms with Gasteiger partial charge in [-0.2, -0.15) is 0 Å². The fourth-order valence-corrected chi connectivity index (χ4v) is 4.79. The first-order chi connectivity index (χ1) is 10.2. The first kappa shape index (κ1) is 15.3. The molecule has 0 aromatic heterocycles. The Morgan fingerprint density at radius 3 is 2.67 bits per heavy atom. The van der Waals surface area contributed by atoms with E-state index in [0.29, 0.717) is 0 Å². The summed E-state index contributed by atoms with van der Waals surface area (Å²) >= 11 is 0. The summed E-state index contributed by atoms with van der Waals surface area (Å²) in [6.45, 7) is 8.48. The highest BCUT2D eigenvalue weighted by molar-refractivity contribution is 5.74. The van der Waals surface area contributed by atoms with Crippen molar-refractivity contribution in [2.45, 2.75) is 57.4 Å².